The Morgan fingerprint density at radius 2 is 1.62 bits per heavy atom. The molecule has 0 radical (unpaired) electrons. The van der Waals surface area contributed by atoms with Gasteiger partial charge >= 0.3 is 6.03 Å². The maximum absolute atomic E-state index is 12.3. The fourth-order valence-corrected chi connectivity index (χ4v) is 2.41. The molecule has 1 fully saturated rings. The van der Waals surface area contributed by atoms with Crippen LogP contribution in [0.5, 0.6) is 0 Å². The third kappa shape index (κ3) is 4.21. The van der Waals surface area contributed by atoms with E-state index in [1.165, 1.54) is 5.56 Å². The Bertz CT molecular complexity index is 491. The molecular formula is C16H23N3O2. The molecule has 1 aromatic rings. The SMILES string of the molecule is CCNC(=O)N1CCN(C(=O)Cc2ccc(C)cc2)CC1. The van der Waals surface area contributed by atoms with Crippen molar-refractivity contribution in [1.82, 2.24) is 15.1 Å². The molecule has 1 N–H and O–H groups in total. The van der Waals surface area contributed by atoms with Crippen molar-refractivity contribution < 1.29 is 9.59 Å². The number of nitrogens with zero attached hydrogens (tertiary/aromatic N) is 2. The Morgan fingerprint density at radius 1 is 1.05 bits per heavy atom. The molecule has 21 heavy (non-hydrogen) atoms. The van der Waals surface area contributed by atoms with Crippen LogP contribution in [0.15, 0.2) is 24.3 Å². The highest BCUT2D eigenvalue weighted by atomic mass is 16.2. The van der Waals surface area contributed by atoms with Crippen molar-refractivity contribution in [3.63, 3.8) is 0 Å². The first-order valence-electron chi connectivity index (χ1n) is 7.46. The van der Waals surface area contributed by atoms with Crippen molar-refractivity contribution >= 4 is 11.9 Å². The molecule has 0 aromatic heterocycles. The van der Waals surface area contributed by atoms with E-state index in [1.54, 1.807) is 4.90 Å². The van der Waals surface area contributed by atoms with Crippen LogP contribution in [0.25, 0.3) is 0 Å². The van der Waals surface area contributed by atoms with Gasteiger partial charge in [-0.1, -0.05) is 29.8 Å². The van der Waals surface area contributed by atoms with Gasteiger partial charge in [0.15, 0.2) is 0 Å². The van der Waals surface area contributed by atoms with Crippen LogP contribution in [0.4, 0.5) is 4.79 Å². The summed E-state index contributed by atoms with van der Waals surface area (Å²) in [6.07, 6.45) is 0.432. The number of carbonyl (C=O) groups excluding carboxylic acids is 2. The summed E-state index contributed by atoms with van der Waals surface area (Å²) in [5.74, 6) is 0.134. The molecule has 1 aliphatic rings. The predicted molar refractivity (Wildman–Crippen MR) is 82.1 cm³/mol. The van der Waals surface area contributed by atoms with E-state index in [4.69, 9.17) is 0 Å². The second-order valence-electron chi connectivity index (χ2n) is 5.37. The zero-order valence-corrected chi connectivity index (χ0v) is 12.8. The largest absolute Gasteiger partial charge is 0.339 e. The minimum absolute atomic E-state index is 0.0388. The monoisotopic (exact) mass is 289 g/mol. The van der Waals surface area contributed by atoms with Gasteiger partial charge in [-0.25, -0.2) is 4.79 Å². The van der Waals surface area contributed by atoms with Crippen LogP contribution in [-0.4, -0.2) is 54.5 Å². The Balaban J connectivity index is 1.83. The van der Waals surface area contributed by atoms with Gasteiger partial charge in [-0.3, -0.25) is 4.79 Å². The number of urea groups is 1. The second-order valence-corrected chi connectivity index (χ2v) is 5.37. The van der Waals surface area contributed by atoms with E-state index < -0.39 is 0 Å². The number of aryl methyl sites for hydroxylation is 1. The quantitative estimate of drug-likeness (QED) is 0.915. The number of piperazine rings is 1. The van der Waals surface area contributed by atoms with E-state index >= 15 is 0 Å². The van der Waals surface area contributed by atoms with Gasteiger partial charge in [-0.15, -0.1) is 0 Å². The highest BCUT2D eigenvalue weighted by Gasteiger charge is 2.23. The average molecular weight is 289 g/mol. The topological polar surface area (TPSA) is 52.7 Å². The van der Waals surface area contributed by atoms with E-state index in [0.29, 0.717) is 39.1 Å². The van der Waals surface area contributed by atoms with Gasteiger partial charge in [0.05, 0.1) is 6.42 Å². The number of rotatable bonds is 3. The highest BCUT2D eigenvalue weighted by Crippen LogP contribution is 2.08. The molecule has 0 bridgehead atoms. The summed E-state index contributed by atoms with van der Waals surface area (Å²) in [4.78, 5) is 27.6. The van der Waals surface area contributed by atoms with E-state index in [0.717, 1.165) is 5.56 Å². The van der Waals surface area contributed by atoms with Crippen molar-refractivity contribution in [2.24, 2.45) is 0 Å². The minimum atomic E-state index is -0.0388. The van der Waals surface area contributed by atoms with Crippen LogP contribution in [0.1, 0.15) is 18.1 Å². The van der Waals surface area contributed by atoms with E-state index in [2.05, 4.69) is 5.32 Å². The van der Waals surface area contributed by atoms with Gasteiger partial charge < -0.3 is 15.1 Å². The lowest BCUT2D eigenvalue weighted by Crippen LogP contribution is -2.53. The molecule has 0 unspecified atom stereocenters. The Labute approximate surface area is 125 Å². The summed E-state index contributed by atoms with van der Waals surface area (Å²) in [6, 6.07) is 8.00. The Kier molecular flexibility index (Phi) is 5.20. The second kappa shape index (κ2) is 7.11. The first-order valence-corrected chi connectivity index (χ1v) is 7.46. The molecule has 1 aromatic carbocycles. The predicted octanol–water partition coefficient (Wildman–Crippen LogP) is 1.41. The summed E-state index contributed by atoms with van der Waals surface area (Å²) in [7, 11) is 0. The lowest BCUT2D eigenvalue weighted by Gasteiger charge is -2.34. The third-order valence-electron chi connectivity index (χ3n) is 3.72. The van der Waals surface area contributed by atoms with Crippen molar-refractivity contribution in [1.29, 1.82) is 0 Å². The smallest absolute Gasteiger partial charge is 0.317 e. The molecule has 5 heteroatoms. The van der Waals surface area contributed by atoms with Crippen LogP contribution >= 0.6 is 0 Å². The maximum atomic E-state index is 12.3. The molecule has 1 aliphatic heterocycles. The van der Waals surface area contributed by atoms with Crippen LogP contribution in [-0.2, 0) is 11.2 Å². The minimum Gasteiger partial charge on any atom is -0.339 e. The summed E-state index contributed by atoms with van der Waals surface area (Å²) in [6.45, 7) is 7.00. The fourth-order valence-electron chi connectivity index (χ4n) is 2.41. The van der Waals surface area contributed by atoms with Gasteiger partial charge in [0.1, 0.15) is 0 Å². The number of benzene rings is 1. The number of hydrogen-bond donors (Lipinski definition) is 1. The first-order chi connectivity index (χ1) is 10.1. The third-order valence-corrected chi connectivity index (χ3v) is 3.72. The van der Waals surface area contributed by atoms with Crippen LogP contribution in [0.2, 0.25) is 0 Å². The molecule has 114 valence electrons. The molecule has 0 spiro atoms. The normalized spacial score (nSPS) is 15.0. The molecule has 2 rings (SSSR count). The lowest BCUT2D eigenvalue weighted by molar-refractivity contribution is -0.131. The average Bonchev–Trinajstić information content (AvgIpc) is 2.50. The summed E-state index contributed by atoms with van der Waals surface area (Å²) in [5.41, 5.74) is 2.23. The fraction of sp³-hybridized carbons (Fsp3) is 0.500. The molecule has 0 aliphatic carbocycles. The lowest BCUT2D eigenvalue weighted by atomic mass is 10.1. The Hall–Kier alpha value is -2.04. The standard InChI is InChI=1S/C16H23N3O2/c1-3-17-16(21)19-10-8-18(9-11-19)15(20)12-14-6-4-13(2)5-7-14/h4-7H,3,8-12H2,1-2H3,(H,17,21). The van der Waals surface area contributed by atoms with Crippen LogP contribution < -0.4 is 5.32 Å². The summed E-state index contributed by atoms with van der Waals surface area (Å²) in [5, 5.41) is 2.79. The van der Waals surface area contributed by atoms with Crippen LogP contribution in [0, 0.1) is 6.92 Å². The molecule has 0 saturated carbocycles. The zero-order valence-electron chi connectivity index (χ0n) is 12.8. The van der Waals surface area contributed by atoms with Gasteiger partial charge in [0.2, 0.25) is 5.91 Å². The zero-order chi connectivity index (χ0) is 15.2. The van der Waals surface area contributed by atoms with Crippen molar-refractivity contribution in [2.45, 2.75) is 20.3 Å². The summed E-state index contributed by atoms with van der Waals surface area (Å²) >= 11 is 0. The van der Waals surface area contributed by atoms with Crippen molar-refractivity contribution in [2.75, 3.05) is 32.7 Å². The Morgan fingerprint density at radius 3 is 2.19 bits per heavy atom. The van der Waals surface area contributed by atoms with E-state index in [-0.39, 0.29) is 11.9 Å². The number of hydrogen-bond acceptors (Lipinski definition) is 2. The van der Waals surface area contributed by atoms with Gasteiger partial charge in [0.25, 0.3) is 0 Å². The molecule has 5 nitrogen and oxygen atoms in total. The molecule has 0 atom stereocenters. The summed E-state index contributed by atoms with van der Waals surface area (Å²) < 4.78 is 0. The maximum Gasteiger partial charge on any atom is 0.317 e. The number of carbonyl (C=O) groups is 2. The highest BCUT2D eigenvalue weighted by molar-refractivity contribution is 5.79. The van der Waals surface area contributed by atoms with Crippen molar-refractivity contribution in [3.8, 4) is 0 Å². The van der Waals surface area contributed by atoms with E-state index in [9.17, 15) is 9.59 Å². The number of nitrogens with one attached hydrogen (secondary N) is 1. The first kappa shape index (κ1) is 15.4. The molecular weight excluding hydrogens is 266 g/mol. The molecule has 1 saturated heterocycles. The van der Waals surface area contributed by atoms with Crippen molar-refractivity contribution in [3.05, 3.63) is 35.4 Å². The molecule has 3 amide bonds. The van der Waals surface area contributed by atoms with Crippen LogP contribution in [0.3, 0.4) is 0 Å². The van der Waals surface area contributed by atoms with Gasteiger partial charge in [-0.2, -0.15) is 0 Å². The van der Waals surface area contributed by atoms with E-state index in [1.807, 2.05) is 43.0 Å². The molecule has 1 heterocycles. The van der Waals surface area contributed by atoms with Gasteiger partial charge in [-0.05, 0) is 19.4 Å². The van der Waals surface area contributed by atoms with Gasteiger partial charge in [0, 0.05) is 32.7 Å². The number of amides is 3.